The van der Waals surface area contributed by atoms with Gasteiger partial charge in [0.2, 0.25) is 0 Å². The van der Waals surface area contributed by atoms with Gasteiger partial charge in [0.25, 0.3) is 0 Å². The van der Waals surface area contributed by atoms with Crippen LogP contribution in [0.25, 0.3) is 10.9 Å². The summed E-state index contributed by atoms with van der Waals surface area (Å²) >= 11 is 0. The van der Waals surface area contributed by atoms with Crippen molar-refractivity contribution >= 4 is 16.7 Å². The highest BCUT2D eigenvalue weighted by molar-refractivity contribution is 5.85. The van der Waals surface area contributed by atoms with Crippen LogP contribution in [0.4, 0.5) is 5.82 Å². The number of hydrogen-bond acceptors (Lipinski definition) is 5. The molecule has 5 heteroatoms. The molecule has 2 saturated heterocycles. The average molecular weight is 341 g/mol. The maximum atomic E-state index is 5.50. The fourth-order valence-electron chi connectivity index (χ4n) is 4.02. The Hall–Kier alpha value is -1.85. The predicted octanol–water partition coefficient (Wildman–Crippen LogP) is 2.85. The summed E-state index contributed by atoms with van der Waals surface area (Å²) in [6, 6.07) is 9.06. The van der Waals surface area contributed by atoms with Crippen molar-refractivity contribution in [3.63, 3.8) is 0 Å². The SMILES string of the molecule is COc1ccc2c(C)cc(N3CCN(C4CCOCC4)CC3)nc2c1. The van der Waals surface area contributed by atoms with E-state index in [2.05, 4.69) is 28.9 Å². The smallest absolute Gasteiger partial charge is 0.129 e. The van der Waals surface area contributed by atoms with Crippen molar-refractivity contribution in [1.29, 1.82) is 0 Å². The lowest BCUT2D eigenvalue weighted by Gasteiger charge is -2.41. The fraction of sp³-hybridized carbons (Fsp3) is 0.550. The molecule has 0 N–H and O–H groups in total. The van der Waals surface area contributed by atoms with Crippen LogP contribution in [0.3, 0.4) is 0 Å². The van der Waals surface area contributed by atoms with Crippen molar-refractivity contribution < 1.29 is 9.47 Å². The number of benzene rings is 1. The first-order chi connectivity index (χ1) is 12.2. The summed E-state index contributed by atoms with van der Waals surface area (Å²) in [5.41, 5.74) is 2.29. The predicted molar refractivity (Wildman–Crippen MR) is 101 cm³/mol. The molecule has 0 atom stereocenters. The third-order valence-electron chi connectivity index (χ3n) is 5.56. The van der Waals surface area contributed by atoms with E-state index in [0.717, 1.165) is 56.5 Å². The van der Waals surface area contributed by atoms with Gasteiger partial charge in [0, 0.05) is 56.9 Å². The van der Waals surface area contributed by atoms with E-state index in [4.69, 9.17) is 14.5 Å². The average Bonchev–Trinajstić information content (AvgIpc) is 2.68. The van der Waals surface area contributed by atoms with E-state index in [9.17, 15) is 0 Å². The van der Waals surface area contributed by atoms with Gasteiger partial charge in [0.15, 0.2) is 0 Å². The highest BCUT2D eigenvalue weighted by atomic mass is 16.5. The number of aromatic nitrogens is 1. The largest absolute Gasteiger partial charge is 0.497 e. The van der Waals surface area contributed by atoms with Crippen LogP contribution < -0.4 is 9.64 Å². The van der Waals surface area contributed by atoms with E-state index >= 15 is 0 Å². The Kier molecular flexibility index (Phi) is 4.77. The van der Waals surface area contributed by atoms with Gasteiger partial charge in [-0.1, -0.05) is 0 Å². The molecule has 2 aliphatic rings. The van der Waals surface area contributed by atoms with Crippen LogP contribution in [-0.2, 0) is 4.74 Å². The van der Waals surface area contributed by atoms with Crippen LogP contribution in [0, 0.1) is 6.92 Å². The molecule has 5 nitrogen and oxygen atoms in total. The minimum atomic E-state index is 0.700. The molecule has 0 bridgehead atoms. The van der Waals surface area contributed by atoms with E-state index in [1.54, 1.807) is 7.11 Å². The minimum Gasteiger partial charge on any atom is -0.497 e. The zero-order valence-corrected chi connectivity index (χ0v) is 15.2. The van der Waals surface area contributed by atoms with E-state index in [1.165, 1.54) is 23.8 Å². The number of anilines is 1. The monoisotopic (exact) mass is 341 g/mol. The van der Waals surface area contributed by atoms with Crippen LogP contribution >= 0.6 is 0 Å². The lowest BCUT2D eigenvalue weighted by atomic mass is 10.1. The van der Waals surface area contributed by atoms with E-state index in [-0.39, 0.29) is 0 Å². The van der Waals surface area contributed by atoms with Crippen molar-refractivity contribution in [3.05, 3.63) is 29.8 Å². The summed E-state index contributed by atoms with van der Waals surface area (Å²) in [6.45, 7) is 8.30. The topological polar surface area (TPSA) is 37.8 Å². The molecule has 2 fully saturated rings. The minimum absolute atomic E-state index is 0.700. The Balaban J connectivity index is 1.50. The molecule has 0 aliphatic carbocycles. The van der Waals surface area contributed by atoms with Gasteiger partial charge in [-0.15, -0.1) is 0 Å². The number of fused-ring (bicyclic) bond motifs is 1. The second-order valence-corrected chi connectivity index (χ2v) is 7.05. The molecular formula is C20H27N3O2. The van der Waals surface area contributed by atoms with E-state index in [0.29, 0.717) is 6.04 Å². The molecule has 134 valence electrons. The van der Waals surface area contributed by atoms with Gasteiger partial charge in [-0.25, -0.2) is 4.98 Å². The lowest BCUT2D eigenvalue weighted by Crippen LogP contribution is -2.51. The van der Waals surface area contributed by atoms with Crippen LogP contribution in [0.15, 0.2) is 24.3 Å². The van der Waals surface area contributed by atoms with E-state index < -0.39 is 0 Å². The number of pyridine rings is 1. The highest BCUT2D eigenvalue weighted by Gasteiger charge is 2.26. The van der Waals surface area contributed by atoms with Gasteiger partial charge < -0.3 is 14.4 Å². The number of nitrogens with zero attached hydrogens (tertiary/aromatic N) is 3. The summed E-state index contributed by atoms with van der Waals surface area (Å²) in [6.07, 6.45) is 2.35. The van der Waals surface area contributed by atoms with Crippen LogP contribution in [0.2, 0.25) is 0 Å². The maximum absolute atomic E-state index is 5.50. The van der Waals surface area contributed by atoms with Gasteiger partial charge in [0.05, 0.1) is 12.6 Å². The number of aryl methyl sites for hydroxylation is 1. The summed E-state index contributed by atoms with van der Waals surface area (Å²) in [5, 5.41) is 1.20. The first kappa shape index (κ1) is 16.6. The first-order valence-electron chi connectivity index (χ1n) is 9.27. The standard InChI is InChI=1S/C20H27N3O2/c1-15-13-20(21-19-14-17(24-2)3-4-18(15)19)23-9-7-22(8-10-23)16-5-11-25-12-6-16/h3-4,13-14,16H,5-12H2,1-2H3. The number of methoxy groups -OCH3 is 1. The van der Waals surface area contributed by atoms with Crippen molar-refractivity contribution in [2.24, 2.45) is 0 Å². The summed E-state index contributed by atoms with van der Waals surface area (Å²) in [5.74, 6) is 1.95. The Morgan fingerprint density at radius 1 is 1.08 bits per heavy atom. The summed E-state index contributed by atoms with van der Waals surface area (Å²) in [7, 11) is 1.70. The van der Waals surface area contributed by atoms with Crippen molar-refractivity contribution in [2.75, 3.05) is 51.4 Å². The normalized spacial score (nSPS) is 20.2. The number of ether oxygens (including phenoxy) is 2. The lowest BCUT2D eigenvalue weighted by molar-refractivity contribution is 0.0321. The number of rotatable bonds is 3. The quantitative estimate of drug-likeness (QED) is 0.858. The molecule has 0 amide bonds. The molecule has 0 unspecified atom stereocenters. The molecule has 25 heavy (non-hydrogen) atoms. The first-order valence-corrected chi connectivity index (χ1v) is 9.27. The molecule has 2 aliphatic heterocycles. The van der Waals surface area contributed by atoms with Gasteiger partial charge >= 0.3 is 0 Å². The Bertz CT molecular complexity index is 735. The van der Waals surface area contributed by atoms with Gasteiger partial charge in [-0.2, -0.15) is 0 Å². The second-order valence-electron chi connectivity index (χ2n) is 7.05. The van der Waals surface area contributed by atoms with Crippen molar-refractivity contribution in [2.45, 2.75) is 25.8 Å². The Morgan fingerprint density at radius 3 is 2.56 bits per heavy atom. The Labute approximate surface area is 149 Å². The van der Waals surface area contributed by atoms with Crippen molar-refractivity contribution in [3.8, 4) is 5.75 Å². The molecular weight excluding hydrogens is 314 g/mol. The third-order valence-corrected chi connectivity index (χ3v) is 5.56. The summed E-state index contributed by atoms with van der Waals surface area (Å²) in [4.78, 5) is 9.97. The Morgan fingerprint density at radius 2 is 1.84 bits per heavy atom. The molecule has 1 aromatic carbocycles. The molecule has 0 radical (unpaired) electrons. The molecule has 0 spiro atoms. The number of hydrogen-bond donors (Lipinski definition) is 0. The molecule has 4 rings (SSSR count). The van der Waals surface area contributed by atoms with E-state index in [1.807, 2.05) is 12.1 Å². The molecule has 2 aromatic rings. The number of piperazine rings is 1. The van der Waals surface area contributed by atoms with Crippen molar-refractivity contribution in [1.82, 2.24) is 9.88 Å². The summed E-state index contributed by atoms with van der Waals surface area (Å²) < 4.78 is 10.9. The van der Waals surface area contributed by atoms with Gasteiger partial charge in [-0.05, 0) is 43.5 Å². The van der Waals surface area contributed by atoms with Gasteiger partial charge in [-0.3, -0.25) is 4.90 Å². The maximum Gasteiger partial charge on any atom is 0.129 e. The van der Waals surface area contributed by atoms with Crippen LogP contribution in [0.5, 0.6) is 5.75 Å². The molecule has 3 heterocycles. The van der Waals surface area contributed by atoms with Crippen LogP contribution in [-0.4, -0.2) is 62.4 Å². The highest BCUT2D eigenvalue weighted by Crippen LogP contribution is 2.27. The second kappa shape index (κ2) is 7.18. The zero-order chi connectivity index (χ0) is 17.2. The molecule has 0 saturated carbocycles. The third kappa shape index (κ3) is 3.44. The zero-order valence-electron chi connectivity index (χ0n) is 15.2. The fourth-order valence-corrected chi connectivity index (χ4v) is 4.02. The van der Waals surface area contributed by atoms with Crippen LogP contribution in [0.1, 0.15) is 18.4 Å². The molecule has 1 aromatic heterocycles. The van der Waals surface area contributed by atoms with Gasteiger partial charge in [0.1, 0.15) is 11.6 Å².